The van der Waals surface area contributed by atoms with E-state index in [-0.39, 0.29) is 12.1 Å². The molecule has 22 heavy (non-hydrogen) atoms. The largest absolute Gasteiger partial charge is 0.468 e. The number of piperidine rings is 1. The standard InChI is InChI=1S/C14H19N5O2S/c20-13(17-14-18-16-10-22-14)15-9-11(12-5-4-8-21-12)19-6-2-1-3-7-19/h4-5,8,10-11H,1-3,6-7,9H2,(H2,15,17,18,20). The molecular weight excluding hydrogens is 302 g/mol. The van der Waals surface area contributed by atoms with Gasteiger partial charge in [0.15, 0.2) is 0 Å². The zero-order chi connectivity index (χ0) is 15.2. The van der Waals surface area contributed by atoms with Crippen molar-refractivity contribution in [2.45, 2.75) is 25.3 Å². The Morgan fingerprint density at radius 1 is 1.41 bits per heavy atom. The monoisotopic (exact) mass is 321 g/mol. The van der Waals surface area contributed by atoms with Crippen LogP contribution in [-0.2, 0) is 0 Å². The van der Waals surface area contributed by atoms with Gasteiger partial charge in [-0.2, -0.15) is 0 Å². The summed E-state index contributed by atoms with van der Waals surface area (Å²) in [6.45, 7) is 2.56. The van der Waals surface area contributed by atoms with Crippen LogP contribution in [-0.4, -0.2) is 40.8 Å². The zero-order valence-corrected chi connectivity index (χ0v) is 13.0. The van der Waals surface area contributed by atoms with Gasteiger partial charge < -0.3 is 9.73 Å². The molecule has 1 saturated heterocycles. The van der Waals surface area contributed by atoms with Gasteiger partial charge in [0.2, 0.25) is 5.13 Å². The average Bonchev–Trinajstić information content (AvgIpc) is 3.22. The number of carbonyl (C=O) groups is 1. The third kappa shape index (κ3) is 3.83. The Balaban J connectivity index is 1.59. The molecule has 2 aromatic rings. The van der Waals surface area contributed by atoms with Crippen molar-refractivity contribution >= 4 is 22.5 Å². The predicted octanol–water partition coefficient (Wildman–Crippen LogP) is 2.48. The molecule has 0 aromatic carbocycles. The second-order valence-electron chi connectivity index (χ2n) is 5.21. The average molecular weight is 321 g/mol. The lowest BCUT2D eigenvalue weighted by atomic mass is 10.1. The van der Waals surface area contributed by atoms with Crippen LogP contribution in [0.2, 0.25) is 0 Å². The van der Waals surface area contributed by atoms with Gasteiger partial charge >= 0.3 is 6.03 Å². The number of urea groups is 1. The van der Waals surface area contributed by atoms with Crippen LogP contribution in [0, 0.1) is 0 Å². The number of aromatic nitrogens is 2. The van der Waals surface area contributed by atoms with E-state index in [9.17, 15) is 4.79 Å². The van der Waals surface area contributed by atoms with E-state index in [4.69, 9.17) is 4.42 Å². The highest BCUT2D eigenvalue weighted by atomic mass is 32.1. The molecule has 1 aliphatic rings. The number of hydrogen-bond acceptors (Lipinski definition) is 6. The lowest BCUT2D eigenvalue weighted by molar-refractivity contribution is 0.144. The SMILES string of the molecule is O=C(NCC(c1ccco1)N1CCCCC1)Nc1nncs1. The van der Waals surface area contributed by atoms with Gasteiger partial charge in [-0.15, -0.1) is 10.2 Å². The van der Waals surface area contributed by atoms with Crippen molar-refractivity contribution in [2.75, 3.05) is 25.0 Å². The molecule has 0 spiro atoms. The molecule has 2 aromatic heterocycles. The minimum Gasteiger partial charge on any atom is -0.468 e. The number of furan rings is 1. The fourth-order valence-electron chi connectivity index (χ4n) is 2.68. The Bertz CT molecular complexity index is 566. The molecule has 3 heterocycles. The van der Waals surface area contributed by atoms with Crippen molar-refractivity contribution in [1.82, 2.24) is 20.4 Å². The van der Waals surface area contributed by atoms with E-state index in [1.807, 2.05) is 12.1 Å². The van der Waals surface area contributed by atoms with E-state index in [2.05, 4.69) is 25.7 Å². The number of likely N-dealkylation sites (tertiary alicyclic amines) is 1. The van der Waals surface area contributed by atoms with E-state index >= 15 is 0 Å². The highest BCUT2D eigenvalue weighted by molar-refractivity contribution is 7.13. The highest BCUT2D eigenvalue weighted by Crippen LogP contribution is 2.24. The molecule has 118 valence electrons. The molecule has 0 saturated carbocycles. The highest BCUT2D eigenvalue weighted by Gasteiger charge is 2.24. The molecule has 0 radical (unpaired) electrons. The van der Waals surface area contributed by atoms with Crippen molar-refractivity contribution in [1.29, 1.82) is 0 Å². The normalized spacial score (nSPS) is 17.1. The van der Waals surface area contributed by atoms with Crippen molar-refractivity contribution < 1.29 is 9.21 Å². The fourth-order valence-corrected chi connectivity index (χ4v) is 3.12. The second kappa shape index (κ2) is 7.37. The molecule has 3 rings (SSSR count). The van der Waals surface area contributed by atoms with E-state index in [1.54, 1.807) is 11.8 Å². The summed E-state index contributed by atoms with van der Waals surface area (Å²) >= 11 is 1.29. The van der Waals surface area contributed by atoms with Gasteiger partial charge in [-0.05, 0) is 38.1 Å². The smallest absolute Gasteiger partial charge is 0.321 e. The molecule has 1 fully saturated rings. The van der Waals surface area contributed by atoms with Gasteiger partial charge in [-0.3, -0.25) is 10.2 Å². The van der Waals surface area contributed by atoms with E-state index < -0.39 is 0 Å². The summed E-state index contributed by atoms with van der Waals surface area (Å²) in [5.41, 5.74) is 1.58. The Morgan fingerprint density at radius 2 is 2.27 bits per heavy atom. The summed E-state index contributed by atoms with van der Waals surface area (Å²) in [7, 11) is 0. The molecule has 0 aliphatic carbocycles. The molecule has 1 unspecified atom stereocenters. The minimum atomic E-state index is -0.273. The fraction of sp³-hybridized carbons (Fsp3) is 0.500. The summed E-state index contributed by atoms with van der Waals surface area (Å²) in [6, 6.07) is 3.64. The summed E-state index contributed by atoms with van der Waals surface area (Å²) in [4.78, 5) is 14.3. The number of nitrogens with zero attached hydrogens (tertiary/aromatic N) is 3. The maximum atomic E-state index is 11.9. The van der Waals surface area contributed by atoms with Gasteiger partial charge in [0, 0.05) is 6.54 Å². The van der Waals surface area contributed by atoms with Crippen LogP contribution in [0.1, 0.15) is 31.1 Å². The van der Waals surface area contributed by atoms with Crippen molar-refractivity contribution in [3.8, 4) is 0 Å². The summed E-state index contributed by atoms with van der Waals surface area (Å²) in [6.07, 6.45) is 5.32. The van der Waals surface area contributed by atoms with Crippen molar-refractivity contribution in [2.24, 2.45) is 0 Å². The number of carbonyl (C=O) groups excluding carboxylic acids is 1. The molecule has 8 heteroatoms. The lowest BCUT2D eigenvalue weighted by Gasteiger charge is -2.33. The van der Waals surface area contributed by atoms with E-state index in [1.165, 1.54) is 30.6 Å². The summed E-state index contributed by atoms with van der Waals surface area (Å²) < 4.78 is 5.55. The molecule has 1 atom stereocenters. The Kier molecular flexibility index (Phi) is 5.02. The predicted molar refractivity (Wildman–Crippen MR) is 83.8 cm³/mol. The number of hydrogen-bond donors (Lipinski definition) is 2. The van der Waals surface area contributed by atoms with Crippen molar-refractivity contribution in [3.63, 3.8) is 0 Å². The maximum absolute atomic E-state index is 11.9. The molecule has 1 aliphatic heterocycles. The first kappa shape index (κ1) is 15.0. The van der Waals surface area contributed by atoms with E-state index in [0.717, 1.165) is 18.8 Å². The Hall–Kier alpha value is -1.93. The Labute approximate surface area is 132 Å². The lowest BCUT2D eigenvalue weighted by Crippen LogP contribution is -2.41. The van der Waals surface area contributed by atoms with Crippen LogP contribution in [0.3, 0.4) is 0 Å². The summed E-state index contributed by atoms with van der Waals surface area (Å²) in [5, 5.41) is 13.5. The van der Waals surface area contributed by atoms with Crippen LogP contribution in [0.15, 0.2) is 28.3 Å². The third-order valence-electron chi connectivity index (χ3n) is 3.74. The number of anilines is 1. The second-order valence-corrected chi connectivity index (χ2v) is 6.04. The first-order valence-corrected chi connectivity index (χ1v) is 8.29. The molecule has 0 bridgehead atoms. The quantitative estimate of drug-likeness (QED) is 0.884. The van der Waals surface area contributed by atoms with Crippen molar-refractivity contribution in [3.05, 3.63) is 29.7 Å². The number of amides is 2. The van der Waals surface area contributed by atoms with E-state index in [0.29, 0.717) is 11.7 Å². The third-order valence-corrected chi connectivity index (χ3v) is 4.35. The molecule has 2 N–H and O–H groups in total. The number of rotatable bonds is 5. The zero-order valence-electron chi connectivity index (χ0n) is 12.2. The number of nitrogens with one attached hydrogen (secondary N) is 2. The first-order valence-electron chi connectivity index (χ1n) is 7.41. The van der Waals surface area contributed by atoms with Gasteiger partial charge in [0.25, 0.3) is 0 Å². The molecule has 2 amide bonds. The van der Waals surface area contributed by atoms with Gasteiger partial charge in [0.1, 0.15) is 11.3 Å². The molecular formula is C14H19N5O2S. The van der Waals surface area contributed by atoms with Crippen LogP contribution >= 0.6 is 11.3 Å². The van der Waals surface area contributed by atoms with Crippen LogP contribution in [0.25, 0.3) is 0 Å². The maximum Gasteiger partial charge on any atom is 0.321 e. The van der Waals surface area contributed by atoms with Gasteiger partial charge in [0.05, 0.1) is 12.3 Å². The summed E-state index contributed by atoms with van der Waals surface area (Å²) in [5.74, 6) is 0.887. The van der Waals surface area contributed by atoms with Gasteiger partial charge in [-0.25, -0.2) is 4.79 Å². The van der Waals surface area contributed by atoms with Crippen LogP contribution in [0.5, 0.6) is 0 Å². The minimum absolute atomic E-state index is 0.0652. The first-order chi connectivity index (χ1) is 10.8. The van der Waals surface area contributed by atoms with Gasteiger partial charge in [-0.1, -0.05) is 17.8 Å². The topological polar surface area (TPSA) is 83.3 Å². The molecule has 7 nitrogen and oxygen atoms in total. The Morgan fingerprint density at radius 3 is 2.95 bits per heavy atom. The van der Waals surface area contributed by atoms with Crippen LogP contribution < -0.4 is 10.6 Å². The van der Waals surface area contributed by atoms with Crippen LogP contribution in [0.4, 0.5) is 9.93 Å².